The van der Waals surface area contributed by atoms with E-state index >= 15 is 0 Å². The number of likely N-dealkylation sites (tertiary alicyclic amines) is 1. The number of aliphatic imine (C=N–C) groups is 1. The van der Waals surface area contributed by atoms with Crippen molar-refractivity contribution >= 4 is 28.6 Å². The summed E-state index contributed by atoms with van der Waals surface area (Å²) in [6.07, 6.45) is 4.91. The van der Waals surface area contributed by atoms with E-state index in [9.17, 15) is 9.59 Å². The number of carbonyl (C=O) groups is 2. The van der Waals surface area contributed by atoms with Gasteiger partial charge in [-0.1, -0.05) is 60.7 Å². The first-order valence-electron chi connectivity index (χ1n) is 13.9. The molecule has 0 radical (unpaired) electrons. The van der Waals surface area contributed by atoms with Gasteiger partial charge >= 0.3 is 0 Å². The van der Waals surface area contributed by atoms with Crippen LogP contribution in [0.5, 0.6) is 0 Å². The van der Waals surface area contributed by atoms with Crippen molar-refractivity contribution in [1.29, 1.82) is 0 Å². The van der Waals surface area contributed by atoms with Gasteiger partial charge in [0.1, 0.15) is 5.84 Å². The number of nitrogens with one attached hydrogen (secondary N) is 1. The van der Waals surface area contributed by atoms with E-state index in [1.54, 1.807) is 0 Å². The van der Waals surface area contributed by atoms with Gasteiger partial charge in [-0.2, -0.15) is 0 Å². The van der Waals surface area contributed by atoms with Crippen molar-refractivity contribution in [3.63, 3.8) is 0 Å². The summed E-state index contributed by atoms with van der Waals surface area (Å²) in [6.45, 7) is 3.99. The highest BCUT2D eigenvalue weighted by atomic mass is 16.2. The van der Waals surface area contributed by atoms with Crippen LogP contribution in [0.3, 0.4) is 0 Å². The molecule has 7 rings (SSSR count). The van der Waals surface area contributed by atoms with Crippen molar-refractivity contribution in [2.45, 2.75) is 31.7 Å². The first-order chi connectivity index (χ1) is 19.0. The Morgan fingerprint density at radius 3 is 2.46 bits per heavy atom. The minimum atomic E-state index is -0.975. The number of aromatic nitrogens is 1. The van der Waals surface area contributed by atoms with E-state index in [1.807, 2.05) is 53.3 Å². The zero-order chi connectivity index (χ0) is 26.6. The Morgan fingerprint density at radius 2 is 1.69 bits per heavy atom. The molecule has 196 valence electrons. The van der Waals surface area contributed by atoms with Crippen molar-refractivity contribution in [3.05, 3.63) is 96.2 Å². The number of nitrogens with zero attached hydrogens (tertiary/aromatic N) is 3. The minimum absolute atomic E-state index is 0.00217. The maximum Gasteiger partial charge on any atom is 0.260 e. The summed E-state index contributed by atoms with van der Waals surface area (Å²) in [4.78, 5) is 38.9. The van der Waals surface area contributed by atoms with Gasteiger partial charge in [-0.05, 0) is 72.4 Å². The molecule has 1 N–H and O–H groups in total. The lowest BCUT2D eigenvalue weighted by Crippen LogP contribution is -2.43. The minimum Gasteiger partial charge on any atom is -0.361 e. The van der Waals surface area contributed by atoms with Crippen molar-refractivity contribution in [1.82, 2.24) is 14.8 Å². The standard InChI is InChI=1S/C33H32N4O2/c1-33(28-5-3-2-4-6-28)32(39)37(21-22-16-18-36(20-22)31(38)25-11-12-25)30(35-33)24-9-7-23(8-10-24)26-13-14-29-27(19-26)15-17-34-29/h2-10,13-15,17,19,22,25,34H,11-12,16,18,20-21H2,1H3/t22-,33?/m1/s1. The van der Waals surface area contributed by atoms with Gasteiger partial charge < -0.3 is 9.88 Å². The number of amidine groups is 1. The van der Waals surface area contributed by atoms with Crippen LogP contribution in [0.1, 0.15) is 37.3 Å². The molecule has 2 aliphatic heterocycles. The normalized spacial score (nSPS) is 23.1. The fourth-order valence-electron chi connectivity index (χ4n) is 6.09. The smallest absolute Gasteiger partial charge is 0.260 e. The largest absolute Gasteiger partial charge is 0.361 e. The highest BCUT2D eigenvalue weighted by Crippen LogP contribution is 2.37. The topological polar surface area (TPSA) is 68.8 Å². The van der Waals surface area contributed by atoms with Gasteiger partial charge in [0.2, 0.25) is 5.91 Å². The Kier molecular flexibility index (Phi) is 5.65. The van der Waals surface area contributed by atoms with Crippen molar-refractivity contribution in [3.8, 4) is 11.1 Å². The van der Waals surface area contributed by atoms with Crippen molar-refractivity contribution in [2.24, 2.45) is 16.8 Å². The number of aromatic amines is 1. The predicted octanol–water partition coefficient (Wildman–Crippen LogP) is 5.60. The predicted molar refractivity (Wildman–Crippen MR) is 153 cm³/mol. The number of fused-ring (bicyclic) bond motifs is 1. The van der Waals surface area contributed by atoms with E-state index in [1.165, 1.54) is 5.39 Å². The van der Waals surface area contributed by atoms with Gasteiger partial charge in [-0.3, -0.25) is 14.5 Å². The average Bonchev–Trinajstić information content (AvgIpc) is 3.43. The molecular weight excluding hydrogens is 484 g/mol. The number of rotatable bonds is 6. The van der Waals surface area contributed by atoms with Crippen LogP contribution >= 0.6 is 0 Å². The fourth-order valence-corrected chi connectivity index (χ4v) is 6.09. The lowest BCUT2D eigenvalue weighted by Gasteiger charge is -2.26. The molecule has 1 unspecified atom stereocenters. The molecule has 2 amide bonds. The van der Waals surface area contributed by atoms with Crippen LogP contribution in [0.4, 0.5) is 0 Å². The Hall–Kier alpha value is -4.19. The molecule has 6 nitrogen and oxygen atoms in total. The van der Waals surface area contributed by atoms with Crippen LogP contribution in [0.15, 0.2) is 90.1 Å². The van der Waals surface area contributed by atoms with Gasteiger partial charge in [-0.15, -0.1) is 0 Å². The summed E-state index contributed by atoms with van der Waals surface area (Å²) in [5.41, 5.74) is 4.23. The molecule has 4 aromatic rings. The lowest BCUT2D eigenvalue weighted by atomic mass is 9.92. The molecule has 6 heteroatoms. The molecule has 1 aromatic heterocycles. The second-order valence-corrected chi connectivity index (χ2v) is 11.4. The summed E-state index contributed by atoms with van der Waals surface area (Å²) in [7, 11) is 0. The first-order valence-corrected chi connectivity index (χ1v) is 13.9. The van der Waals surface area contributed by atoms with E-state index in [0.29, 0.717) is 18.3 Å². The summed E-state index contributed by atoms with van der Waals surface area (Å²) in [6, 6.07) is 26.7. The highest BCUT2D eigenvalue weighted by molar-refractivity contribution is 6.15. The van der Waals surface area contributed by atoms with Crippen LogP contribution in [0.2, 0.25) is 0 Å². The molecule has 0 spiro atoms. The first kappa shape index (κ1) is 23.9. The third-order valence-electron chi connectivity index (χ3n) is 8.58. The molecule has 1 saturated heterocycles. The second kappa shape index (κ2) is 9.23. The van der Waals surface area contributed by atoms with Crippen LogP contribution in [0, 0.1) is 11.8 Å². The fraction of sp³-hybridized carbons (Fsp3) is 0.303. The van der Waals surface area contributed by atoms with Crippen molar-refractivity contribution in [2.75, 3.05) is 19.6 Å². The van der Waals surface area contributed by atoms with Gasteiger partial charge in [0.05, 0.1) is 0 Å². The summed E-state index contributed by atoms with van der Waals surface area (Å²) in [5, 5.41) is 1.18. The third-order valence-corrected chi connectivity index (χ3v) is 8.58. The summed E-state index contributed by atoms with van der Waals surface area (Å²) in [5.74, 6) is 1.48. The molecule has 0 bridgehead atoms. The zero-order valence-corrected chi connectivity index (χ0v) is 22.1. The maximum atomic E-state index is 14.0. The quantitative estimate of drug-likeness (QED) is 0.363. The monoisotopic (exact) mass is 516 g/mol. The third kappa shape index (κ3) is 4.24. The molecule has 2 fully saturated rings. The van der Waals surface area contributed by atoms with Gasteiger partial charge in [-0.25, -0.2) is 4.99 Å². The van der Waals surface area contributed by atoms with Crippen LogP contribution < -0.4 is 0 Å². The number of benzene rings is 3. The van der Waals surface area contributed by atoms with Crippen LogP contribution in [0.25, 0.3) is 22.0 Å². The van der Waals surface area contributed by atoms with E-state index in [4.69, 9.17) is 4.99 Å². The Morgan fingerprint density at radius 1 is 0.949 bits per heavy atom. The molecule has 3 aliphatic rings. The number of H-pyrrole nitrogens is 1. The number of hydrogen-bond acceptors (Lipinski definition) is 3. The Bertz CT molecular complexity index is 1590. The van der Waals surface area contributed by atoms with Crippen LogP contribution in [-0.4, -0.2) is 52.1 Å². The molecular formula is C33H32N4O2. The lowest BCUT2D eigenvalue weighted by molar-refractivity contribution is -0.131. The van der Waals surface area contributed by atoms with Gasteiger partial charge in [0.15, 0.2) is 5.54 Å². The van der Waals surface area contributed by atoms with E-state index in [0.717, 1.165) is 60.1 Å². The Balaban J connectivity index is 1.19. The molecule has 1 saturated carbocycles. The van der Waals surface area contributed by atoms with Crippen LogP contribution in [-0.2, 0) is 15.1 Å². The molecule has 2 atom stereocenters. The molecule has 39 heavy (non-hydrogen) atoms. The van der Waals surface area contributed by atoms with Crippen molar-refractivity contribution < 1.29 is 9.59 Å². The molecule has 3 aromatic carbocycles. The van der Waals surface area contributed by atoms with E-state index in [2.05, 4.69) is 53.5 Å². The summed E-state index contributed by atoms with van der Waals surface area (Å²) < 4.78 is 0. The second-order valence-electron chi connectivity index (χ2n) is 11.4. The SMILES string of the molecule is CC1(c2ccccc2)N=C(c2ccc(-c3ccc4[nH]ccc4c3)cc2)N(C[C@@H]2CCN(C(=O)C3CC3)C2)C1=O. The highest BCUT2D eigenvalue weighted by Gasteiger charge is 2.47. The molecule has 1 aliphatic carbocycles. The number of amides is 2. The number of carbonyl (C=O) groups excluding carboxylic acids is 2. The van der Waals surface area contributed by atoms with E-state index < -0.39 is 5.54 Å². The summed E-state index contributed by atoms with van der Waals surface area (Å²) >= 11 is 0. The number of hydrogen-bond donors (Lipinski definition) is 1. The Labute approximate surface area is 228 Å². The van der Waals surface area contributed by atoms with Gasteiger partial charge in [0, 0.05) is 42.8 Å². The van der Waals surface area contributed by atoms with E-state index in [-0.39, 0.29) is 17.7 Å². The van der Waals surface area contributed by atoms with Gasteiger partial charge in [0.25, 0.3) is 5.91 Å². The maximum absolute atomic E-state index is 14.0. The molecule has 3 heterocycles. The zero-order valence-electron chi connectivity index (χ0n) is 22.1. The average molecular weight is 517 g/mol.